The first-order valence-electron chi connectivity index (χ1n) is 8.36. The van der Waals surface area contributed by atoms with E-state index in [1.54, 1.807) is 67.8 Å². The molecule has 0 fully saturated rings. The largest absolute Gasteiger partial charge is 0.324 e. The third kappa shape index (κ3) is 4.85. The van der Waals surface area contributed by atoms with Gasteiger partial charge in [0.1, 0.15) is 0 Å². The van der Waals surface area contributed by atoms with Crippen molar-refractivity contribution in [3.05, 3.63) is 56.7 Å². The summed E-state index contributed by atoms with van der Waals surface area (Å²) in [6, 6.07) is 3.93. The van der Waals surface area contributed by atoms with Gasteiger partial charge in [0.15, 0.2) is 5.78 Å². The first-order valence-corrected chi connectivity index (χ1v) is 12.4. The van der Waals surface area contributed by atoms with Crippen LogP contribution in [0.4, 0.5) is 5.69 Å². The Labute approximate surface area is 230 Å². The van der Waals surface area contributed by atoms with Crippen molar-refractivity contribution in [1.82, 2.24) is 5.32 Å². The Balaban J connectivity index is 1.90. The molecule has 2 aromatic carbocycles. The number of imide groups is 1. The molecule has 0 aliphatic carbocycles. The molecule has 32 heavy (non-hydrogen) atoms. The van der Waals surface area contributed by atoms with Crippen molar-refractivity contribution in [3.8, 4) is 0 Å². The van der Waals surface area contributed by atoms with Gasteiger partial charge in [-0.1, -0.05) is 6.07 Å². The molecule has 164 valence electrons. The molecule has 0 saturated carbocycles. The molecule has 2 N–H and O–H groups in total. The first-order chi connectivity index (χ1) is 14.9. The van der Waals surface area contributed by atoms with Gasteiger partial charge in [0, 0.05) is 9.13 Å². The number of benzene rings is 2. The minimum Gasteiger partial charge on any atom is -0.324 e. The number of nitrogens with one attached hydrogen (secondary N) is 2. The number of carbonyl (C=O) groups excluding carboxylic acids is 6. The van der Waals surface area contributed by atoms with Gasteiger partial charge in [0.2, 0.25) is 5.91 Å². The maximum absolute atomic E-state index is 12.6. The van der Waals surface area contributed by atoms with E-state index in [-0.39, 0.29) is 44.2 Å². The summed E-state index contributed by atoms with van der Waals surface area (Å²) in [5, 5.41) is 2.97. The summed E-state index contributed by atoms with van der Waals surface area (Å²) in [5.74, 6) is -2.51. The van der Waals surface area contributed by atoms with Crippen molar-refractivity contribution in [2.75, 3.05) is 5.32 Å². The Hall–Kier alpha value is -1.17. The zero-order chi connectivity index (χ0) is 23.9. The zero-order valence-electron chi connectivity index (χ0n) is 15.3. The monoisotopic (exact) mass is 810 g/mol. The average Bonchev–Trinajstić information content (AvgIpc) is 2.97. The summed E-state index contributed by atoms with van der Waals surface area (Å²) in [6.45, 7) is 0. The molecule has 13 heteroatoms. The van der Waals surface area contributed by atoms with Crippen molar-refractivity contribution >= 4 is 131 Å². The summed E-state index contributed by atoms with van der Waals surface area (Å²) < 4.78 is 0.814. The van der Waals surface area contributed by atoms with Crippen molar-refractivity contribution in [2.45, 2.75) is 6.42 Å². The normalized spacial score (nSPS) is 12.3. The van der Waals surface area contributed by atoms with Gasteiger partial charge in [-0.2, -0.15) is 0 Å². The Kier molecular flexibility index (Phi) is 7.94. The second-order valence-corrected chi connectivity index (χ2v) is 10.2. The van der Waals surface area contributed by atoms with E-state index in [2.05, 4.69) is 10.6 Å². The van der Waals surface area contributed by atoms with E-state index in [1.807, 2.05) is 0 Å². The minimum absolute atomic E-state index is 0.00760. The van der Waals surface area contributed by atoms with Crippen LogP contribution in [0, 0.1) is 10.7 Å². The Morgan fingerprint density at radius 3 is 1.91 bits per heavy atom. The summed E-state index contributed by atoms with van der Waals surface area (Å²) in [4.78, 5) is 72.4. The maximum atomic E-state index is 12.6. The van der Waals surface area contributed by atoms with E-state index in [1.165, 1.54) is 18.2 Å². The van der Waals surface area contributed by atoms with Crippen LogP contribution < -0.4 is 10.6 Å². The molecule has 0 saturated heterocycles. The molecule has 1 aliphatic heterocycles. The van der Waals surface area contributed by atoms with Crippen molar-refractivity contribution in [2.24, 2.45) is 0 Å². The Morgan fingerprint density at radius 2 is 1.38 bits per heavy atom. The van der Waals surface area contributed by atoms with Crippen LogP contribution in [0.5, 0.6) is 0 Å². The average molecular weight is 811 g/mol. The molecule has 0 radical (unpaired) electrons. The number of carbonyl (C=O) groups is 6. The van der Waals surface area contributed by atoms with Gasteiger partial charge >= 0.3 is 0 Å². The standard InChI is InChI=1S/C19H7Cl2I3N2O6/c20-16(29)10-12(22)11(17(21)30)14(24)15(13(10)23)25-9(28)4-8(27)5-1-2-6-7(3-5)19(32)26-18(6)31/h1-3H,4H2,(H,25,28)(H,26,31,32). The fourth-order valence-electron chi connectivity index (χ4n) is 2.89. The van der Waals surface area contributed by atoms with E-state index in [0.717, 1.165) is 0 Å². The number of fused-ring (bicyclic) bond motifs is 1. The summed E-state index contributed by atoms with van der Waals surface area (Å²) in [7, 11) is 0. The Bertz CT molecular complexity index is 1240. The molecule has 2 aromatic rings. The number of rotatable bonds is 6. The van der Waals surface area contributed by atoms with Gasteiger partial charge < -0.3 is 5.32 Å². The highest BCUT2D eigenvalue weighted by molar-refractivity contribution is 14.1. The quantitative estimate of drug-likeness (QED) is 0.147. The van der Waals surface area contributed by atoms with E-state index >= 15 is 0 Å². The van der Waals surface area contributed by atoms with Gasteiger partial charge in [-0.05, 0) is 103 Å². The predicted octanol–water partition coefficient (Wildman–Crippen LogP) is 4.35. The molecule has 0 spiro atoms. The van der Waals surface area contributed by atoms with Gasteiger partial charge in [0.05, 0.1) is 41.5 Å². The highest BCUT2D eigenvalue weighted by Crippen LogP contribution is 2.37. The highest BCUT2D eigenvalue weighted by Gasteiger charge is 2.29. The van der Waals surface area contributed by atoms with Crippen molar-refractivity contribution in [1.29, 1.82) is 0 Å². The number of Topliss-reactive ketones (excluding diaryl/α,β-unsaturated/α-hetero) is 1. The molecule has 0 unspecified atom stereocenters. The van der Waals surface area contributed by atoms with E-state index in [9.17, 15) is 28.8 Å². The predicted molar refractivity (Wildman–Crippen MR) is 141 cm³/mol. The molecule has 1 heterocycles. The minimum atomic E-state index is -0.841. The van der Waals surface area contributed by atoms with Crippen LogP contribution in [0.2, 0.25) is 0 Å². The van der Waals surface area contributed by atoms with Crippen LogP contribution in [-0.2, 0) is 4.79 Å². The zero-order valence-corrected chi connectivity index (χ0v) is 23.3. The lowest BCUT2D eigenvalue weighted by atomic mass is 10.0. The van der Waals surface area contributed by atoms with Gasteiger partial charge in [-0.3, -0.25) is 34.1 Å². The molecule has 8 nitrogen and oxygen atoms in total. The van der Waals surface area contributed by atoms with Crippen LogP contribution in [-0.4, -0.2) is 34.0 Å². The molecule has 1 aliphatic rings. The first kappa shape index (κ1) is 25.5. The molecule has 0 bridgehead atoms. The Morgan fingerprint density at radius 1 is 0.844 bits per heavy atom. The van der Waals surface area contributed by atoms with E-state index in [0.29, 0.717) is 0 Å². The van der Waals surface area contributed by atoms with E-state index in [4.69, 9.17) is 23.2 Å². The van der Waals surface area contributed by atoms with Gasteiger partial charge in [0.25, 0.3) is 22.3 Å². The molecular formula is C19H7Cl2I3N2O6. The molecule has 0 atom stereocenters. The van der Waals surface area contributed by atoms with E-state index < -0.39 is 40.4 Å². The molecule has 0 aromatic heterocycles. The molecular weight excluding hydrogens is 804 g/mol. The number of amides is 3. The van der Waals surface area contributed by atoms with Crippen LogP contribution in [0.25, 0.3) is 0 Å². The summed E-state index contributed by atoms with van der Waals surface area (Å²) in [6.07, 6.45) is -0.596. The summed E-state index contributed by atoms with van der Waals surface area (Å²) >= 11 is 16.7. The van der Waals surface area contributed by atoms with Crippen LogP contribution >= 0.6 is 91.0 Å². The lowest BCUT2D eigenvalue weighted by Crippen LogP contribution is -2.21. The molecule has 3 amide bonds. The SMILES string of the molecule is O=C(CC(=O)c1ccc2c(c1)C(=O)NC2=O)Nc1c(I)c(C(=O)Cl)c(I)c(C(=O)Cl)c1I. The fraction of sp³-hybridized carbons (Fsp3) is 0.0526. The maximum Gasteiger partial charge on any atom is 0.258 e. The number of ketones is 1. The fourth-order valence-corrected chi connectivity index (χ4v) is 8.32. The third-order valence-corrected chi connectivity index (χ3v) is 7.97. The number of anilines is 1. The second kappa shape index (κ2) is 9.99. The van der Waals surface area contributed by atoms with Crippen molar-refractivity contribution < 1.29 is 28.8 Å². The number of hydrogen-bond donors (Lipinski definition) is 2. The molecule has 3 rings (SSSR count). The second-order valence-electron chi connectivity index (χ2n) is 6.31. The van der Waals surface area contributed by atoms with Gasteiger partial charge in [-0.15, -0.1) is 0 Å². The number of hydrogen-bond acceptors (Lipinski definition) is 6. The van der Waals surface area contributed by atoms with Crippen LogP contribution in [0.1, 0.15) is 58.2 Å². The number of halogens is 5. The highest BCUT2D eigenvalue weighted by atomic mass is 127. The lowest BCUT2D eigenvalue weighted by molar-refractivity contribution is -0.115. The van der Waals surface area contributed by atoms with Crippen molar-refractivity contribution in [3.63, 3.8) is 0 Å². The lowest BCUT2D eigenvalue weighted by Gasteiger charge is -2.16. The summed E-state index contributed by atoms with van der Waals surface area (Å²) in [5.41, 5.74) is 0.413. The smallest absolute Gasteiger partial charge is 0.258 e. The topological polar surface area (TPSA) is 126 Å². The van der Waals surface area contributed by atoms with Crippen LogP contribution in [0.15, 0.2) is 18.2 Å². The van der Waals surface area contributed by atoms with Crippen LogP contribution in [0.3, 0.4) is 0 Å². The third-order valence-electron chi connectivity index (χ3n) is 4.35. The van der Waals surface area contributed by atoms with Gasteiger partial charge in [-0.25, -0.2) is 0 Å².